The van der Waals surface area contributed by atoms with Crippen molar-refractivity contribution < 1.29 is 13.2 Å². The molecule has 1 amide bonds. The van der Waals surface area contributed by atoms with Crippen molar-refractivity contribution in [3.63, 3.8) is 0 Å². The van der Waals surface area contributed by atoms with Crippen LogP contribution in [0.2, 0.25) is 0 Å². The van der Waals surface area contributed by atoms with E-state index in [9.17, 15) is 13.2 Å². The molecule has 2 saturated heterocycles. The predicted octanol–water partition coefficient (Wildman–Crippen LogP) is 1.17. The van der Waals surface area contributed by atoms with Gasteiger partial charge >= 0.3 is 0 Å². The second-order valence-corrected chi connectivity index (χ2v) is 9.42. The minimum atomic E-state index is -3.41. The third-order valence-corrected chi connectivity index (χ3v) is 7.61. The molecule has 3 heterocycles. The maximum Gasteiger partial charge on any atom is 0.282 e. The lowest BCUT2D eigenvalue weighted by atomic mass is 10.2. The van der Waals surface area contributed by atoms with Crippen molar-refractivity contribution in [2.75, 3.05) is 39.3 Å². The van der Waals surface area contributed by atoms with Gasteiger partial charge in [-0.15, -0.1) is 0 Å². The van der Waals surface area contributed by atoms with Crippen LogP contribution in [-0.2, 0) is 10.2 Å². The van der Waals surface area contributed by atoms with Gasteiger partial charge in [0.25, 0.3) is 16.1 Å². The third-order valence-electron chi connectivity index (χ3n) is 5.58. The van der Waals surface area contributed by atoms with Crippen molar-refractivity contribution in [2.45, 2.75) is 44.4 Å². The zero-order valence-electron chi connectivity index (χ0n) is 15.1. The molecule has 0 spiro atoms. The van der Waals surface area contributed by atoms with E-state index in [4.69, 9.17) is 0 Å². The summed E-state index contributed by atoms with van der Waals surface area (Å²) in [5.74, 6) is 0.416. The van der Waals surface area contributed by atoms with Gasteiger partial charge in [0.2, 0.25) is 0 Å². The summed E-state index contributed by atoms with van der Waals surface area (Å²) in [5.41, 5.74) is 1.48. The lowest BCUT2D eigenvalue weighted by Crippen LogP contribution is -2.54. The highest BCUT2D eigenvalue weighted by Crippen LogP contribution is 2.39. The van der Waals surface area contributed by atoms with Gasteiger partial charge in [0.05, 0.1) is 0 Å². The van der Waals surface area contributed by atoms with Gasteiger partial charge in [-0.3, -0.25) is 9.89 Å². The van der Waals surface area contributed by atoms with Crippen LogP contribution < -0.4 is 0 Å². The zero-order valence-corrected chi connectivity index (χ0v) is 15.9. The molecular formula is C17H27N5O3S. The number of rotatable bonds is 4. The van der Waals surface area contributed by atoms with Crippen molar-refractivity contribution in [2.24, 2.45) is 0 Å². The van der Waals surface area contributed by atoms with E-state index in [0.29, 0.717) is 50.9 Å². The molecular weight excluding hydrogens is 354 g/mol. The van der Waals surface area contributed by atoms with Gasteiger partial charge in [0.1, 0.15) is 5.69 Å². The molecule has 3 fully saturated rings. The number of nitrogens with zero attached hydrogens (tertiary/aromatic N) is 4. The SMILES string of the molecule is O=C(c1cc(C2CC2)[nH]n1)N1CCN(S(=O)(=O)N2CCCCCC2)CC1. The van der Waals surface area contributed by atoms with Crippen molar-refractivity contribution in [3.05, 3.63) is 17.5 Å². The van der Waals surface area contributed by atoms with Gasteiger partial charge in [-0.25, -0.2) is 0 Å². The highest BCUT2D eigenvalue weighted by molar-refractivity contribution is 7.86. The smallest absolute Gasteiger partial charge is 0.282 e. The van der Waals surface area contributed by atoms with Crippen molar-refractivity contribution in [1.82, 2.24) is 23.7 Å². The van der Waals surface area contributed by atoms with Gasteiger partial charge in [-0.05, 0) is 31.7 Å². The lowest BCUT2D eigenvalue weighted by Gasteiger charge is -2.36. The van der Waals surface area contributed by atoms with Crippen LogP contribution in [0.4, 0.5) is 0 Å². The fourth-order valence-corrected chi connectivity index (χ4v) is 5.44. The summed E-state index contributed by atoms with van der Waals surface area (Å²) in [5, 5.41) is 7.11. The highest BCUT2D eigenvalue weighted by Gasteiger charge is 2.34. The summed E-state index contributed by atoms with van der Waals surface area (Å²) >= 11 is 0. The summed E-state index contributed by atoms with van der Waals surface area (Å²) in [4.78, 5) is 14.3. The Balaban J connectivity index is 1.36. The summed E-state index contributed by atoms with van der Waals surface area (Å²) in [6, 6.07) is 1.85. The molecule has 0 radical (unpaired) electrons. The van der Waals surface area contributed by atoms with E-state index < -0.39 is 10.2 Å². The van der Waals surface area contributed by atoms with E-state index in [0.717, 1.165) is 44.2 Å². The Morgan fingerprint density at radius 3 is 2.19 bits per heavy atom. The number of carbonyl (C=O) groups is 1. The fourth-order valence-electron chi connectivity index (χ4n) is 3.77. The first-order valence-corrected chi connectivity index (χ1v) is 11.1. The molecule has 9 heteroatoms. The topological polar surface area (TPSA) is 89.6 Å². The summed E-state index contributed by atoms with van der Waals surface area (Å²) in [7, 11) is -3.41. The van der Waals surface area contributed by atoms with Gasteiger partial charge in [-0.1, -0.05) is 12.8 Å². The Morgan fingerprint density at radius 1 is 0.962 bits per heavy atom. The number of aromatic nitrogens is 2. The van der Waals surface area contributed by atoms with E-state index in [2.05, 4.69) is 10.2 Å². The van der Waals surface area contributed by atoms with Gasteiger partial charge in [0.15, 0.2) is 0 Å². The Morgan fingerprint density at radius 2 is 1.58 bits per heavy atom. The maximum atomic E-state index is 12.9. The van der Waals surface area contributed by atoms with Gasteiger partial charge < -0.3 is 4.90 Å². The molecule has 0 bridgehead atoms. The average molecular weight is 382 g/mol. The number of carbonyl (C=O) groups excluding carboxylic acids is 1. The number of piperazine rings is 1. The predicted molar refractivity (Wildman–Crippen MR) is 97.0 cm³/mol. The summed E-state index contributed by atoms with van der Waals surface area (Å²) in [6.45, 7) is 2.75. The second-order valence-electron chi connectivity index (χ2n) is 7.50. The highest BCUT2D eigenvalue weighted by atomic mass is 32.2. The van der Waals surface area contributed by atoms with E-state index in [-0.39, 0.29) is 5.91 Å². The molecule has 0 unspecified atom stereocenters. The van der Waals surface area contributed by atoms with Crippen molar-refractivity contribution in [3.8, 4) is 0 Å². The molecule has 26 heavy (non-hydrogen) atoms. The van der Waals surface area contributed by atoms with E-state index in [1.807, 2.05) is 6.07 Å². The molecule has 4 rings (SSSR count). The van der Waals surface area contributed by atoms with E-state index >= 15 is 0 Å². The first-order valence-electron chi connectivity index (χ1n) is 9.65. The number of H-pyrrole nitrogens is 1. The molecule has 2 aliphatic heterocycles. The van der Waals surface area contributed by atoms with Crippen molar-refractivity contribution in [1.29, 1.82) is 0 Å². The number of hydrogen-bond donors (Lipinski definition) is 1. The first-order chi connectivity index (χ1) is 12.6. The Hall–Kier alpha value is -1.45. The Bertz CT molecular complexity index is 742. The molecule has 1 aliphatic carbocycles. The normalized spacial score (nSPS) is 23.8. The lowest BCUT2D eigenvalue weighted by molar-refractivity contribution is 0.0688. The van der Waals surface area contributed by atoms with Crippen molar-refractivity contribution >= 4 is 16.1 Å². The van der Waals surface area contributed by atoms with Crippen LogP contribution in [0.15, 0.2) is 6.07 Å². The average Bonchev–Trinajstić information content (AvgIpc) is 3.44. The Kier molecular flexibility index (Phi) is 5.02. The zero-order chi connectivity index (χ0) is 18.1. The minimum Gasteiger partial charge on any atom is -0.335 e. The van der Waals surface area contributed by atoms with Crippen LogP contribution >= 0.6 is 0 Å². The van der Waals surface area contributed by atoms with Crippen LogP contribution in [0.25, 0.3) is 0 Å². The molecule has 0 atom stereocenters. The molecule has 1 N–H and O–H groups in total. The molecule has 1 saturated carbocycles. The van der Waals surface area contributed by atoms with Gasteiger partial charge in [-0.2, -0.15) is 22.1 Å². The third kappa shape index (κ3) is 3.65. The number of hydrogen-bond acceptors (Lipinski definition) is 4. The van der Waals surface area contributed by atoms with Crippen LogP contribution in [0, 0.1) is 0 Å². The van der Waals surface area contributed by atoms with Crippen LogP contribution in [-0.4, -0.2) is 77.3 Å². The standard InChI is InChI=1S/C17H27N5O3S/c23-17(16-13-15(18-19-16)14-5-6-14)20-9-11-22(12-10-20)26(24,25)21-7-3-1-2-4-8-21/h13-14H,1-12H2,(H,18,19). The molecule has 144 valence electrons. The molecule has 1 aromatic rings. The molecule has 1 aromatic heterocycles. The Labute approximate surface area is 154 Å². The molecule has 0 aromatic carbocycles. The summed E-state index contributed by atoms with van der Waals surface area (Å²) < 4.78 is 28.9. The van der Waals surface area contributed by atoms with Crippen LogP contribution in [0.1, 0.15) is 60.6 Å². The van der Waals surface area contributed by atoms with Crippen LogP contribution in [0.5, 0.6) is 0 Å². The second kappa shape index (κ2) is 7.28. The summed E-state index contributed by atoms with van der Waals surface area (Å²) in [6.07, 6.45) is 6.37. The molecule has 8 nitrogen and oxygen atoms in total. The first kappa shape index (κ1) is 17.9. The maximum absolute atomic E-state index is 12.9. The van der Waals surface area contributed by atoms with Crippen LogP contribution in [0.3, 0.4) is 0 Å². The number of nitrogens with one attached hydrogen (secondary N) is 1. The number of aromatic amines is 1. The minimum absolute atomic E-state index is 0.111. The monoisotopic (exact) mass is 381 g/mol. The van der Waals surface area contributed by atoms with E-state index in [1.165, 1.54) is 4.31 Å². The number of amides is 1. The largest absolute Gasteiger partial charge is 0.335 e. The molecule has 3 aliphatic rings. The van der Waals surface area contributed by atoms with E-state index in [1.54, 1.807) is 9.21 Å². The van der Waals surface area contributed by atoms with Gasteiger partial charge in [0, 0.05) is 50.9 Å². The quantitative estimate of drug-likeness (QED) is 0.848. The fraction of sp³-hybridized carbons (Fsp3) is 0.765.